The van der Waals surface area contributed by atoms with Gasteiger partial charge in [-0.3, -0.25) is 4.79 Å². The van der Waals surface area contributed by atoms with Crippen LogP contribution in [-0.2, 0) is 23.8 Å². The number of hydrogen-bond donors (Lipinski definition) is 1. The third-order valence-corrected chi connectivity index (χ3v) is 2.91. The lowest BCUT2D eigenvalue weighted by atomic mass is 10.2. The second kappa shape index (κ2) is 11.2. The maximum Gasteiger partial charge on any atom is 0.330 e. The number of hydrogen-bond acceptors (Lipinski definition) is 6. The van der Waals surface area contributed by atoms with Crippen LogP contribution >= 0.6 is 0 Å². The standard InChI is InChI=1S/C20H27NO5/c1-20(2,3)26-19(23)17(21)15-24-13-14-25-18(22)12-8-7-11-16-9-5-4-6-10-16/h4-12,17H,13-15,21H2,1-3H3/b11-7+,12-8+. The van der Waals surface area contributed by atoms with Gasteiger partial charge in [0.15, 0.2) is 0 Å². The number of carbonyl (C=O) groups is 2. The van der Waals surface area contributed by atoms with Crippen LogP contribution in [0, 0.1) is 0 Å². The average Bonchev–Trinajstić information content (AvgIpc) is 2.57. The normalized spacial score (nSPS) is 13.1. The first kappa shape index (κ1) is 21.6. The van der Waals surface area contributed by atoms with Crippen LogP contribution in [0.3, 0.4) is 0 Å². The molecule has 0 saturated heterocycles. The molecule has 6 nitrogen and oxygen atoms in total. The number of rotatable bonds is 9. The number of esters is 2. The van der Waals surface area contributed by atoms with Crippen LogP contribution in [0.2, 0.25) is 0 Å². The lowest BCUT2D eigenvalue weighted by molar-refractivity contribution is -0.158. The molecule has 1 unspecified atom stereocenters. The Labute approximate surface area is 154 Å². The van der Waals surface area contributed by atoms with Crippen molar-refractivity contribution in [3.63, 3.8) is 0 Å². The van der Waals surface area contributed by atoms with Crippen molar-refractivity contribution in [3.8, 4) is 0 Å². The van der Waals surface area contributed by atoms with Crippen LogP contribution < -0.4 is 5.73 Å². The smallest absolute Gasteiger partial charge is 0.330 e. The Morgan fingerprint density at radius 1 is 1.12 bits per heavy atom. The van der Waals surface area contributed by atoms with Gasteiger partial charge in [-0.2, -0.15) is 0 Å². The number of benzene rings is 1. The highest BCUT2D eigenvalue weighted by Gasteiger charge is 2.22. The molecule has 0 aliphatic carbocycles. The van der Waals surface area contributed by atoms with Gasteiger partial charge in [0, 0.05) is 6.08 Å². The van der Waals surface area contributed by atoms with E-state index in [0.717, 1.165) is 5.56 Å². The number of carbonyl (C=O) groups excluding carboxylic acids is 2. The van der Waals surface area contributed by atoms with Gasteiger partial charge in [0.05, 0.1) is 13.2 Å². The predicted octanol–water partition coefficient (Wildman–Crippen LogP) is 2.48. The molecule has 0 radical (unpaired) electrons. The topological polar surface area (TPSA) is 87.8 Å². The molecule has 2 N–H and O–H groups in total. The highest BCUT2D eigenvalue weighted by Crippen LogP contribution is 2.07. The Morgan fingerprint density at radius 2 is 1.81 bits per heavy atom. The zero-order valence-electron chi connectivity index (χ0n) is 15.5. The summed E-state index contributed by atoms with van der Waals surface area (Å²) in [6.07, 6.45) is 6.57. The molecule has 0 aliphatic heterocycles. The third kappa shape index (κ3) is 10.4. The molecule has 0 aliphatic rings. The fourth-order valence-corrected chi connectivity index (χ4v) is 1.77. The van der Waals surface area contributed by atoms with E-state index in [1.807, 2.05) is 36.4 Å². The fourth-order valence-electron chi connectivity index (χ4n) is 1.77. The van der Waals surface area contributed by atoms with Gasteiger partial charge >= 0.3 is 11.9 Å². The van der Waals surface area contributed by atoms with E-state index in [2.05, 4.69) is 0 Å². The van der Waals surface area contributed by atoms with Crippen molar-refractivity contribution in [1.82, 2.24) is 0 Å². The number of ether oxygens (including phenoxy) is 3. The van der Waals surface area contributed by atoms with Crippen LogP contribution in [0.1, 0.15) is 26.3 Å². The van der Waals surface area contributed by atoms with Crippen molar-refractivity contribution in [2.45, 2.75) is 32.4 Å². The lowest BCUT2D eigenvalue weighted by Gasteiger charge is -2.22. The minimum atomic E-state index is -0.868. The van der Waals surface area contributed by atoms with Crippen molar-refractivity contribution in [3.05, 3.63) is 54.1 Å². The van der Waals surface area contributed by atoms with E-state index >= 15 is 0 Å². The number of nitrogens with two attached hydrogens (primary N) is 1. The fraction of sp³-hybridized carbons (Fsp3) is 0.400. The van der Waals surface area contributed by atoms with E-state index < -0.39 is 23.6 Å². The highest BCUT2D eigenvalue weighted by molar-refractivity contribution is 5.82. The van der Waals surface area contributed by atoms with Crippen LogP contribution in [0.15, 0.2) is 48.6 Å². The van der Waals surface area contributed by atoms with Gasteiger partial charge < -0.3 is 19.9 Å². The first-order valence-electron chi connectivity index (χ1n) is 8.40. The molecule has 0 aromatic heterocycles. The molecular formula is C20H27NO5. The molecule has 0 spiro atoms. The summed E-state index contributed by atoms with van der Waals surface area (Å²) in [4.78, 5) is 23.2. The van der Waals surface area contributed by atoms with Gasteiger partial charge in [-0.1, -0.05) is 48.6 Å². The second-order valence-electron chi connectivity index (χ2n) is 6.51. The van der Waals surface area contributed by atoms with Crippen molar-refractivity contribution in [1.29, 1.82) is 0 Å². The zero-order chi connectivity index (χ0) is 19.4. The van der Waals surface area contributed by atoms with E-state index in [9.17, 15) is 9.59 Å². The Hall–Kier alpha value is -2.44. The minimum Gasteiger partial charge on any atom is -0.460 e. The molecule has 142 valence electrons. The molecule has 0 bridgehead atoms. The third-order valence-electron chi connectivity index (χ3n) is 2.91. The summed E-state index contributed by atoms with van der Waals surface area (Å²) in [6, 6.07) is 8.86. The van der Waals surface area contributed by atoms with Crippen LogP contribution in [0.5, 0.6) is 0 Å². The zero-order valence-corrected chi connectivity index (χ0v) is 15.5. The number of allylic oxidation sites excluding steroid dienone is 2. The quantitative estimate of drug-likeness (QED) is 0.315. The average molecular weight is 361 g/mol. The summed E-state index contributed by atoms with van der Waals surface area (Å²) in [5.74, 6) is -0.995. The molecule has 26 heavy (non-hydrogen) atoms. The molecule has 0 saturated carbocycles. The van der Waals surface area contributed by atoms with Crippen LogP contribution in [0.4, 0.5) is 0 Å². The van der Waals surface area contributed by atoms with Crippen molar-refractivity contribution >= 4 is 18.0 Å². The summed E-state index contributed by atoms with van der Waals surface area (Å²) in [6.45, 7) is 5.52. The van der Waals surface area contributed by atoms with Gasteiger partial charge in [0.25, 0.3) is 0 Å². The second-order valence-corrected chi connectivity index (χ2v) is 6.51. The van der Waals surface area contributed by atoms with Crippen molar-refractivity contribution in [2.24, 2.45) is 5.73 Å². The van der Waals surface area contributed by atoms with Gasteiger partial charge in [0.1, 0.15) is 18.2 Å². The molecule has 0 heterocycles. The Bertz CT molecular complexity index is 617. The Kier molecular flexibility index (Phi) is 9.33. The van der Waals surface area contributed by atoms with Gasteiger partial charge in [-0.15, -0.1) is 0 Å². The minimum absolute atomic E-state index is 0.00210. The molecular weight excluding hydrogens is 334 g/mol. The maximum absolute atomic E-state index is 11.7. The van der Waals surface area contributed by atoms with Gasteiger partial charge in [-0.25, -0.2) is 4.79 Å². The van der Waals surface area contributed by atoms with Crippen molar-refractivity contribution in [2.75, 3.05) is 19.8 Å². The summed E-state index contributed by atoms with van der Waals surface area (Å²) in [5.41, 5.74) is 6.12. The van der Waals surface area contributed by atoms with E-state index in [1.54, 1.807) is 32.9 Å². The Morgan fingerprint density at radius 3 is 2.46 bits per heavy atom. The molecule has 0 fully saturated rings. The van der Waals surface area contributed by atoms with E-state index in [4.69, 9.17) is 19.9 Å². The largest absolute Gasteiger partial charge is 0.460 e. The summed E-state index contributed by atoms with van der Waals surface area (Å²) in [5, 5.41) is 0. The SMILES string of the molecule is CC(C)(C)OC(=O)C(N)COCCOC(=O)/C=C/C=C/c1ccccc1. The van der Waals surface area contributed by atoms with Gasteiger partial charge in [0.2, 0.25) is 0 Å². The molecule has 6 heteroatoms. The highest BCUT2D eigenvalue weighted by atomic mass is 16.6. The van der Waals surface area contributed by atoms with E-state index in [0.29, 0.717) is 0 Å². The first-order chi connectivity index (χ1) is 12.3. The summed E-state index contributed by atoms with van der Waals surface area (Å²) < 4.78 is 15.3. The summed E-state index contributed by atoms with van der Waals surface area (Å²) >= 11 is 0. The first-order valence-corrected chi connectivity index (χ1v) is 8.40. The van der Waals surface area contributed by atoms with Crippen LogP contribution in [-0.4, -0.2) is 43.4 Å². The molecule has 0 amide bonds. The Balaban J connectivity index is 2.15. The van der Waals surface area contributed by atoms with E-state index in [1.165, 1.54) is 6.08 Å². The maximum atomic E-state index is 11.7. The van der Waals surface area contributed by atoms with Crippen molar-refractivity contribution < 1.29 is 23.8 Å². The lowest BCUT2D eigenvalue weighted by Crippen LogP contribution is -2.40. The predicted molar refractivity (Wildman–Crippen MR) is 100 cm³/mol. The molecule has 1 rings (SSSR count). The molecule has 1 aromatic rings. The molecule has 1 atom stereocenters. The van der Waals surface area contributed by atoms with Gasteiger partial charge in [-0.05, 0) is 26.3 Å². The molecule has 1 aromatic carbocycles. The summed E-state index contributed by atoms with van der Waals surface area (Å²) in [7, 11) is 0. The monoisotopic (exact) mass is 361 g/mol. The van der Waals surface area contributed by atoms with E-state index in [-0.39, 0.29) is 19.8 Å². The van der Waals surface area contributed by atoms with Crippen LogP contribution in [0.25, 0.3) is 6.08 Å².